The number of amides is 2. The number of nitro groups is 1. The monoisotopic (exact) mass is 417 g/mol. The number of imide groups is 1. The summed E-state index contributed by atoms with van der Waals surface area (Å²) < 4.78 is 0. The largest absolute Gasteiger partial charge is 0.294 e. The molecule has 2 heterocycles. The third-order valence-electron chi connectivity index (χ3n) is 7.26. The van der Waals surface area contributed by atoms with Crippen LogP contribution >= 0.6 is 0 Å². The van der Waals surface area contributed by atoms with Crippen molar-refractivity contribution in [2.75, 3.05) is 5.01 Å². The van der Waals surface area contributed by atoms with E-state index in [-0.39, 0.29) is 53.9 Å². The van der Waals surface area contributed by atoms with Gasteiger partial charge in [0.25, 0.3) is 5.69 Å². The van der Waals surface area contributed by atoms with Crippen LogP contribution in [-0.4, -0.2) is 33.7 Å². The van der Waals surface area contributed by atoms with Crippen LogP contribution in [0.2, 0.25) is 0 Å². The molecule has 1 saturated heterocycles. The van der Waals surface area contributed by atoms with Crippen molar-refractivity contribution in [1.29, 1.82) is 0 Å². The van der Waals surface area contributed by atoms with E-state index in [2.05, 4.69) is 10.3 Å². The van der Waals surface area contributed by atoms with E-state index in [0.29, 0.717) is 5.69 Å². The van der Waals surface area contributed by atoms with E-state index in [1.807, 2.05) is 30.3 Å². The van der Waals surface area contributed by atoms with Crippen LogP contribution < -0.4 is 5.01 Å². The quantitative estimate of drug-likeness (QED) is 0.432. The zero-order valence-electron chi connectivity index (χ0n) is 16.4. The number of para-hydroxylation sites is 2. The van der Waals surface area contributed by atoms with Gasteiger partial charge in [0, 0.05) is 6.07 Å². The summed E-state index contributed by atoms with van der Waals surface area (Å²) in [4.78, 5) is 39.0. The molecule has 0 aromatic heterocycles. The minimum atomic E-state index is -0.431. The van der Waals surface area contributed by atoms with Crippen molar-refractivity contribution < 1.29 is 14.5 Å². The Kier molecular flexibility index (Phi) is 3.77. The lowest BCUT2D eigenvalue weighted by Gasteiger charge is -2.33. The lowest BCUT2D eigenvalue weighted by Crippen LogP contribution is -2.47. The molecule has 0 unspecified atom stereocenters. The SMILES string of the molecule is O=C1[C@@H]2[C@H]3C[C@@H]([C@@H]2C(=O)N1Cc1ccccc1)[C@H]1[C@@H]3N=NN1c1ccccc1[N+](=O)[O-]. The molecule has 6 atom stereocenters. The van der Waals surface area contributed by atoms with Crippen LogP contribution in [0.25, 0.3) is 0 Å². The van der Waals surface area contributed by atoms with Gasteiger partial charge in [-0.15, -0.1) is 0 Å². The Balaban J connectivity index is 1.32. The number of carbonyl (C=O) groups is 2. The molecule has 0 N–H and O–H groups in total. The van der Waals surface area contributed by atoms with Gasteiger partial charge >= 0.3 is 0 Å². The van der Waals surface area contributed by atoms with Gasteiger partial charge in [0.1, 0.15) is 5.69 Å². The first-order valence-electron chi connectivity index (χ1n) is 10.4. The predicted molar refractivity (Wildman–Crippen MR) is 109 cm³/mol. The normalized spacial score (nSPS) is 32.6. The van der Waals surface area contributed by atoms with Crippen molar-refractivity contribution in [2.24, 2.45) is 34.0 Å². The summed E-state index contributed by atoms with van der Waals surface area (Å²) in [5.74, 6) is -1.20. The van der Waals surface area contributed by atoms with Gasteiger partial charge in [-0.3, -0.25) is 24.6 Å². The minimum Gasteiger partial charge on any atom is -0.278 e. The van der Waals surface area contributed by atoms with Gasteiger partial charge in [-0.05, 0) is 29.9 Å². The molecule has 3 fully saturated rings. The number of fused-ring (bicyclic) bond motifs is 8. The summed E-state index contributed by atoms with van der Waals surface area (Å²) in [6.07, 6.45) is 0.720. The van der Waals surface area contributed by atoms with Crippen molar-refractivity contribution in [2.45, 2.75) is 25.0 Å². The zero-order chi connectivity index (χ0) is 21.3. The second kappa shape index (κ2) is 6.44. The molecule has 0 spiro atoms. The van der Waals surface area contributed by atoms with Crippen molar-refractivity contribution in [3.8, 4) is 0 Å². The first kappa shape index (κ1) is 18.2. The van der Waals surface area contributed by atoms with Crippen LogP contribution in [0.1, 0.15) is 12.0 Å². The number of likely N-dealkylation sites (tertiary alicyclic amines) is 1. The molecule has 2 amide bonds. The number of benzene rings is 2. The Morgan fingerprint density at radius 2 is 1.65 bits per heavy atom. The van der Waals surface area contributed by atoms with Gasteiger partial charge in [0.15, 0.2) is 0 Å². The van der Waals surface area contributed by atoms with Crippen LogP contribution in [0.4, 0.5) is 11.4 Å². The minimum absolute atomic E-state index is 0.0408. The second-order valence-electron chi connectivity index (χ2n) is 8.64. The highest BCUT2D eigenvalue weighted by atomic mass is 16.6. The Labute approximate surface area is 177 Å². The van der Waals surface area contributed by atoms with E-state index in [1.54, 1.807) is 23.2 Å². The molecule has 2 aromatic rings. The molecule has 2 aliphatic carbocycles. The van der Waals surface area contributed by atoms with Crippen molar-refractivity contribution in [3.05, 3.63) is 70.3 Å². The maximum Gasteiger partial charge on any atom is 0.294 e. The summed E-state index contributed by atoms with van der Waals surface area (Å²) >= 11 is 0. The standard InChI is InChI=1S/C22H19N5O4/c28-21-17-13-10-14(18(17)22(29)25(21)11-12-6-2-1-3-7-12)20-19(13)23-24-26(20)15-8-4-5-9-16(15)27(30)31/h1-9,13-14,17-20H,10-11H2/t13-,14+,17-,18+,19-,20+/m1/s1. The fourth-order valence-electron chi connectivity index (χ4n) is 6.09. The number of nitro benzene ring substituents is 1. The maximum atomic E-state index is 13.3. The number of rotatable bonds is 4. The molecule has 2 aromatic carbocycles. The number of hydrogen-bond donors (Lipinski definition) is 0. The van der Waals surface area contributed by atoms with Gasteiger partial charge in [-0.25, -0.2) is 5.01 Å². The first-order chi connectivity index (χ1) is 15.1. The summed E-state index contributed by atoms with van der Waals surface area (Å²) in [7, 11) is 0. The van der Waals surface area contributed by atoms with Crippen LogP contribution in [0.5, 0.6) is 0 Å². The lowest BCUT2D eigenvalue weighted by molar-refractivity contribution is -0.384. The van der Waals surface area contributed by atoms with Crippen molar-refractivity contribution >= 4 is 23.2 Å². The molecule has 2 saturated carbocycles. The molecule has 2 aliphatic heterocycles. The van der Waals surface area contributed by atoms with Crippen LogP contribution in [-0.2, 0) is 16.1 Å². The fourth-order valence-corrected chi connectivity index (χ4v) is 6.09. The summed E-state index contributed by atoms with van der Waals surface area (Å²) in [5.41, 5.74) is 1.25. The number of hydrogen-bond acceptors (Lipinski definition) is 7. The fraction of sp³-hybridized carbons (Fsp3) is 0.364. The Bertz CT molecular complexity index is 1140. The Hall–Kier alpha value is -3.62. The predicted octanol–water partition coefficient (Wildman–Crippen LogP) is 2.97. The zero-order valence-corrected chi connectivity index (χ0v) is 16.4. The highest BCUT2D eigenvalue weighted by Crippen LogP contribution is 2.60. The number of nitrogens with zero attached hydrogens (tertiary/aromatic N) is 5. The van der Waals surface area contributed by atoms with Crippen LogP contribution in [0, 0.1) is 33.8 Å². The number of anilines is 1. The molecule has 9 heteroatoms. The molecular weight excluding hydrogens is 398 g/mol. The highest BCUT2D eigenvalue weighted by molar-refractivity contribution is 6.06. The molecule has 156 valence electrons. The van der Waals surface area contributed by atoms with Gasteiger partial charge in [0.2, 0.25) is 11.8 Å². The second-order valence-corrected chi connectivity index (χ2v) is 8.64. The Morgan fingerprint density at radius 1 is 0.968 bits per heavy atom. The van der Waals surface area contributed by atoms with Crippen molar-refractivity contribution in [3.63, 3.8) is 0 Å². The van der Waals surface area contributed by atoms with Crippen LogP contribution in [0.3, 0.4) is 0 Å². The molecule has 6 rings (SSSR count). The van der Waals surface area contributed by atoms with E-state index in [4.69, 9.17) is 0 Å². The average molecular weight is 417 g/mol. The van der Waals surface area contributed by atoms with E-state index in [1.165, 1.54) is 11.0 Å². The van der Waals surface area contributed by atoms with E-state index in [9.17, 15) is 19.7 Å². The lowest BCUT2D eigenvalue weighted by atomic mass is 9.76. The average Bonchev–Trinajstić information content (AvgIpc) is 3.51. The summed E-state index contributed by atoms with van der Waals surface area (Å²) in [6, 6.07) is 15.5. The van der Waals surface area contributed by atoms with E-state index < -0.39 is 10.8 Å². The van der Waals surface area contributed by atoms with E-state index in [0.717, 1.165) is 12.0 Å². The number of carbonyl (C=O) groups excluding carboxylic acids is 2. The third-order valence-corrected chi connectivity index (χ3v) is 7.26. The van der Waals surface area contributed by atoms with Gasteiger partial charge in [-0.1, -0.05) is 47.7 Å². The van der Waals surface area contributed by atoms with Gasteiger partial charge in [0.05, 0.1) is 35.4 Å². The molecule has 4 aliphatic rings. The third kappa shape index (κ3) is 2.43. The van der Waals surface area contributed by atoms with Gasteiger partial charge in [-0.2, -0.15) is 5.11 Å². The van der Waals surface area contributed by atoms with E-state index >= 15 is 0 Å². The summed E-state index contributed by atoms with van der Waals surface area (Å²) in [6.45, 7) is 0.273. The summed E-state index contributed by atoms with van der Waals surface area (Å²) in [5, 5.41) is 21.8. The molecule has 0 radical (unpaired) electrons. The molecular formula is C22H19N5O4. The molecule has 2 bridgehead atoms. The maximum absolute atomic E-state index is 13.3. The topological polar surface area (TPSA) is 108 Å². The Morgan fingerprint density at radius 3 is 2.39 bits per heavy atom. The first-order valence-corrected chi connectivity index (χ1v) is 10.4. The molecule has 9 nitrogen and oxygen atoms in total. The van der Waals surface area contributed by atoms with Gasteiger partial charge < -0.3 is 0 Å². The van der Waals surface area contributed by atoms with Crippen LogP contribution in [0.15, 0.2) is 64.9 Å². The molecule has 31 heavy (non-hydrogen) atoms. The highest BCUT2D eigenvalue weighted by Gasteiger charge is 2.70. The van der Waals surface area contributed by atoms with Crippen molar-refractivity contribution in [1.82, 2.24) is 4.90 Å². The smallest absolute Gasteiger partial charge is 0.278 e.